The molecule has 1 fully saturated rings. The van der Waals surface area contributed by atoms with Crippen LogP contribution in [-0.4, -0.2) is 30.3 Å². The Morgan fingerprint density at radius 1 is 1.45 bits per heavy atom. The van der Waals surface area contributed by atoms with Gasteiger partial charge in [-0.25, -0.2) is 4.79 Å². The van der Waals surface area contributed by atoms with Crippen LogP contribution >= 0.6 is 0 Å². The Bertz CT molecular complexity index is 354. The zero-order valence-electron chi connectivity index (χ0n) is 13.2. The molecule has 4 nitrogen and oxygen atoms in total. The second-order valence-corrected chi connectivity index (χ2v) is 6.47. The Labute approximate surface area is 123 Å². The maximum absolute atomic E-state index is 11.7. The fourth-order valence-electron chi connectivity index (χ4n) is 2.57. The molecule has 3 unspecified atom stereocenters. The average Bonchev–Trinajstić information content (AvgIpc) is 2.78. The third-order valence-corrected chi connectivity index (χ3v) is 3.59. The number of ether oxygens (including phenoxy) is 1. The zero-order chi connectivity index (χ0) is 15.2. The molecule has 1 amide bonds. The van der Waals surface area contributed by atoms with Gasteiger partial charge in [0.15, 0.2) is 0 Å². The van der Waals surface area contributed by atoms with Crippen LogP contribution in [0.15, 0.2) is 0 Å². The van der Waals surface area contributed by atoms with Gasteiger partial charge in [0.2, 0.25) is 0 Å². The highest BCUT2D eigenvalue weighted by Crippen LogP contribution is 2.25. The van der Waals surface area contributed by atoms with Crippen LogP contribution in [0.3, 0.4) is 0 Å². The number of hydrogen-bond acceptors (Lipinski definition) is 3. The lowest BCUT2D eigenvalue weighted by Gasteiger charge is -2.25. The fraction of sp³-hybridized carbons (Fsp3) is 0.812. The van der Waals surface area contributed by atoms with E-state index >= 15 is 0 Å². The third-order valence-electron chi connectivity index (χ3n) is 3.59. The van der Waals surface area contributed by atoms with Crippen LogP contribution in [0, 0.1) is 18.3 Å². The van der Waals surface area contributed by atoms with Gasteiger partial charge in [-0.1, -0.05) is 19.3 Å². The molecule has 1 saturated carbocycles. The summed E-state index contributed by atoms with van der Waals surface area (Å²) in [5.74, 6) is 3.21. The van der Waals surface area contributed by atoms with Crippen molar-refractivity contribution in [1.82, 2.24) is 10.6 Å². The van der Waals surface area contributed by atoms with E-state index in [1.165, 1.54) is 6.42 Å². The van der Waals surface area contributed by atoms with Gasteiger partial charge in [-0.15, -0.1) is 6.42 Å². The second-order valence-electron chi connectivity index (χ2n) is 6.47. The van der Waals surface area contributed by atoms with Crippen molar-refractivity contribution in [2.75, 3.05) is 6.54 Å². The van der Waals surface area contributed by atoms with Crippen LogP contribution in [0.25, 0.3) is 0 Å². The van der Waals surface area contributed by atoms with E-state index in [4.69, 9.17) is 11.2 Å². The zero-order valence-corrected chi connectivity index (χ0v) is 13.2. The molecule has 0 aromatic heterocycles. The van der Waals surface area contributed by atoms with Crippen LogP contribution in [0.4, 0.5) is 4.79 Å². The van der Waals surface area contributed by atoms with Crippen molar-refractivity contribution in [3.63, 3.8) is 0 Å². The van der Waals surface area contributed by atoms with E-state index in [1.54, 1.807) is 0 Å². The molecule has 1 aliphatic rings. The molecule has 4 heteroatoms. The summed E-state index contributed by atoms with van der Waals surface area (Å²) in [6, 6.07) is 0.521. The summed E-state index contributed by atoms with van der Waals surface area (Å²) in [6.45, 7) is 8.33. The number of carbonyl (C=O) groups excluding carboxylic acids is 1. The van der Waals surface area contributed by atoms with Crippen molar-refractivity contribution in [3.05, 3.63) is 0 Å². The number of alkyl carbamates (subject to hydrolysis) is 1. The maximum atomic E-state index is 11.7. The van der Waals surface area contributed by atoms with Crippen molar-refractivity contribution < 1.29 is 9.53 Å². The van der Waals surface area contributed by atoms with Crippen LogP contribution in [0.1, 0.15) is 53.4 Å². The molecule has 20 heavy (non-hydrogen) atoms. The lowest BCUT2D eigenvalue weighted by atomic mass is 10.0. The van der Waals surface area contributed by atoms with Gasteiger partial charge in [-0.2, -0.15) is 0 Å². The molecule has 1 rings (SSSR count). The van der Waals surface area contributed by atoms with Gasteiger partial charge in [0.25, 0.3) is 0 Å². The minimum Gasteiger partial charge on any atom is -0.444 e. The molecule has 0 radical (unpaired) electrons. The molecular weight excluding hydrogens is 252 g/mol. The van der Waals surface area contributed by atoms with E-state index in [-0.39, 0.29) is 12.1 Å². The van der Waals surface area contributed by atoms with E-state index in [2.05, 4.69) is 23.5 Å². The van der Waals surface area contributed by atoms with E-state index in [0.29, 0.717) is 18.5 Å². The number of amides is 1. The van der Waals surface area contributed by atoms with Gasteiger partial charge in [0, 0.05) is 12.6 Å². The molecule has 3 atom stereocenters. The normalized spacial score (nSPS) is 23.9. The van der Waals surface area contributed by atoms with Crippen LogP contribution < -0.4 is 10.6 Å². The van der Waals surface area contributed by atoms with Gasteiger partial charge < -0.3 is 15.4 Å². The summed E-state index contributed by atoms with van der Waals surface area (Å²) in [5, 5.41) is 6.38. The van der Waals surface area contributed by atoms with Gasteiger partial charge in [-0.3, -0.25) is 0 Å². The first-order chi connectivity index (χ1) is 9.35. The van der Waals surface area contributed by atoms with Gasteiger partial charge in [0.1, 0.15) is 5.60 Å². The second kappa shape index (κ2) is 7.54. The van der Waals surface area contributed by atoms with Crippen molar-refractivity contribution in [1.29, 1.82) is 0 Å². The molecule has 0 heterocycles. The number of rotatable bonds is 5. The largest absolute Gasteiger partial charge is 0.444 e. The molecule has 0 aliphatic heterocycles. The molecule has 0 saturated heterocycles. The highest BCUT2D eigenvalue weighted by molar-refractivity contribution is 5.67. The molecule has 0 aromatic carbocycles. The average molecular weight is 280 g/mol. The van der Waals surface area contributed by atoms with Crippen molar-refractivity contribution >= 4 is 6.09 Å². The minimum absolute atomic E-state index is 0.127. The summed E-state index contributed by atoms with van der Waals surface area (Å²) in [7, 11) is 0. The monoisotopic (exact) mass is 280 g/mol. The summed E-state index contributed by atoms with van der Waals surface area (Å²) in [5.41, 5.74) is -0.450. The van der Waals surface area contributed by atoms with Gasteiger partial charge >= 0.3 is 6.09 Å². The van der Waals surface area contributed by atoms with E-state index in [1.807, 2.05) is 20.8 Å². The van der Waals surface area contributed by atoms with Gasteiger partial charge in [-0.05, 0) is 46.0 Å². The summed E-state index contributed by atoms with van der Waals surface area (Å²) in [4.78, 5) is 11.7. The quantitative estimate of drug-likeness (QED) is 0.761. The van der Waals surface area contributed by atoms with Crippen molar-refractivity contribution in [2.45, 2.75) is 71.1 Å². The lowest BCUT2D eigenvalue weighted by Crippen LogP contribution is -2.44. The number of nitrogens with one attached hydrogen (secondary N) is 2. The number of hydrogen-bond donors (Lipinski definition) is 2. The Kier molecular flexibility index (Phi) is 6.35. The standard InChI is InChI=1S/C16H28N2O2/c1-6-13(7-2)18-14-10-8-9-12(14)11-17-15(19)20-16(3,4)5/h1,12-14,18H,7-11H2,2-5H3,(H,17,19). The predicted octanol–water partition coefficient (Wildman–Crippen LogP) is 2.68. The molecule has 2 N–H and O–H groups in total. The minimum atomic E-state index is -0.450. The van der Waals surface area contributed by atoms with Crippen LogP contribution in [0.2, 0.25) is 0 Å². The molecule has 114 valence electrons. The maximum Gasteiger partial charge on any atom is 0.407 e. The third kappa shape index (κ3) is 5.83. The van der Waals surface area contributed by atoms with E-state index < -0.39 is 5.60 Å². The highest BCUT2D eigenvalue weighted by Gasteiger charge is 2.29. The molecule has 0 aromatic rings. The predicted molar refractivity (Wildman–Crippen MR) is 81.4 cm³/mol. The van der Waals surface area contributed by atoms with Crippen LogP contribution in [0.5, 0.6) is 0 Å². The van der Waals surface area contributed by atoms with E-state index in [0.717, 1.165) is 19.3 Å². The Morgan fingerprint density at radius 3 is 2.70 bits per heavy atom. The first-order valence-corrected chi connectivity index (χ1v) is 7.54. The van der Waals surface area contributed by atoms with Crippen molar-refractivity contribution in [3.8, 4) is 12.3 Å². The fourth-order valence-corrected chi connectivity index (χ4v) is 2.57. The summed E-state index contributed by atoms with van der Waals surface area (Å²) < 4.78 is 5.25. The van der Waals surface area contributed by atoms with E-state index in [9.17, 15) is 4.79 Å². The number of carbonyl (C=O) groups is 1. The smallest absolute Gasteiger partial charge is 0.407 e. The molecular formula is C16H28N2O2. The highest BCUT2D eigenvalue weighted by atomic mass is 16.6. The summed E-state index contributed by atoms with van der Waals surface area (Å²) in [6.07, 6.45) is 9.51. The first-order valence-electron chi connectivity index (χ1n) is 7.54. The van der Waals surface area contributed by atoms with Crippen LogP contribution in [-0.2, 0) is 4.74 Å². The molecule has 0 spiro atoms. The van der Waals surface area contributed by atoms with Gasteiger partial charge in [0.05, 0.1) is 6.04 Å². The molecule has 0 bridgehead atoms. The molecule has 1 aliphatic carbocycles. The summed E-state index contributed by atoms with van der Waals surface area (Å²) >= 11 is 0. The van der Waals surface area contributed by atoms with Crippen molar-refractivity contribution in [2.24, 2.45) is 5.92 Å². The SMILES string of the molecule is C#CC(CC)NC1CCCC1CNC(=O)OC(C)(C)C. The number of terminal acetylenes is 1. The topological polar surface area (TPSA) is 50.4 Å². The lowest BCUT2D eigenvalue weighted by molar-refractivity contribution is 0.0517. The first kappa shape index (κ1) is 16.8. The Hall–Kier alpha value is -1.21. The Morgan fingerprint density at radius 2 is 2.15 bits per heavy atom. The Balaban J connectivity index is 2.39.